The van der Waals surface area contributed by atoms with Gasteiger partial charge in [-0.15, -0.1) is 0 Å². The molecule has 2 nitrogen and oxygen atoms in total. The van der Waals surface area contributed by atoms with E-state index in [4.69, 9.17) is 4.98 Å². The average Bonchev–Trinajstić information content (AvgIpc) is 3.02. The van der Waals surface area contributed by atoms with Gasteiger partial charge in [0, 0.05) is 27.2 Å². The first-order chi connectivity index (χ1) is 10.4. The maximum atomic E-state index is 4.85. The highest BCUT2D eigenvalue weighted by molar-refractivity contribution is 6.14. The highest BCUT2D eigenvalue weighted by Crippen LogP contribution is 2.37. The van der Waals surface area contributed by atoms with Crippen LogP contribution in [-0.4, -0.2) is 9.97 Å². The second-order valence-electron chi connectivity index (χ2n) is 5.38. The summed E-state index contributed by atoms with van der Waals surface area (Å²) in [6, 6.07) is 23.2. The molecule has 0 saturated carbocycles. The molecule has 21 heavy (non-hydrogen) atoms. The number of benzene rings is 2. The quantitative estimate of drug-likeness (QED) is 0.422. The number of nitrogens with one attached hydrogen (secondary N) is 1. The van der Waals surface area contributed by atoms with Gasteiger partial charge in [0.15, 0.2) is 0 Å². The van der Waals surface area contributed by atoms with E-state index >= 15 is 0 Å². The topological polar surface area (TPSA) is 28.7 Å². The van der Waals surface area contributed by atoms with Gasteiger partial charge in [0.2, 0.25) is 0 Å². The van der Waals surface area contributed by atoms with Gasteiger partial charge in [-0.25, -0.2) is 4.98 Å². The van der Waals surface area contributed by atoms with Gasteiger partial charge in [0.25, 0.3) is 0 Å². The van der Waals surface area contributed by atoms with Gasteiger partial charge in [-0.2, -0.15) is 0 Å². The molecule has 0 bridgehead atoms. The summed E-state index contributed by atoms with van der Waals surface area (Å²) in [6.45, 7) is 0. The molecule has 2 heteroatoms. The van der Waals surface area contributed by atoms with Crippen LogP contribution >= 0.6 is 0 Å². The maximum Gasteiger partial charge on any atom is 0.0957 e. The summed E-state index contributed by atoms with van der Waals surface area (Å²) in [7, 11) is 0. The predicted molar refractivity (Wildman–Crippen MR) is 87.7 cm³/mol. The van der Waals surface area contributed by atoms with Gasteiger partial charge in [0.1, 0.15) is 0 Å². The number of hydrogen-bond donors (Lipinski definition) is 1. The molecule has 1 aliphatic carbocycles. The van der Waals surface area contributed by atoms with E-state index in [0.717, 1.165) is 22.2 Å². The fourth-order valence-corrected chi connectivity index (χ4v) is 3.23. The number of H-pyrrole nitrogens is 1. The Bertz CT molecular complexity index is 1090. The van der Waals surface area contributed by atoms with Crippen LogP contribution in [0.5, 0.6) is 0 Å². The Balaban J connectivity index is 2.06. The molecule has 0 spiro atoms. The standard InChI is InChI=1S/C19H12N2/c1-3-10-16-12(6-1)14-8-5-9-15-13-7-2-4-11-17(13)21-19(15)18(14)20-16/h1-11,20H. The largest absolute Gasteiger partial charge is 0.353 e. The lowest BCUT2D eigenvalue weighted by molar-refractivity contribution is 1.45. The van der Waals surface area contributed by atoms with Crippen LogP contribution in [0.1, 0.15) is 0 Å². The lowest BCUT2D eigenvalue weighted by Crippen LogP contribution is -1.74. The first-order valence-electron chi connectivity index (χ1n) is 7.10. The molecule has 0 unspecified atom stereocenters. The number of hydrogen-bond acceptors (Lipinski definition) is 1. The summed E-state index contributed by atoms with van der Waals surface area (Å²) in [5, 5.41) is 3.68. The summed E-state index contributed by atoms with van der Waals surface area (Å²) in [5.41, 5.74) is 5.58. The summed E-state index contributed by atoms with van der Waals surface area (Å²) in [6.07, 6.45) is 0. The molecule has 2 aliphatic rings. The van der Waals surface area contributed by atoms with Crippen molar-refractivity contribution in [1.29, 1.82) is 0 Å². The van der Waals surface area contributed by atoms with Crippen LogP contribution < -0.4 is 0 Å². The Labute approximate surface area is 121 Å². The molecule has 0 fully saturated rings. The van der Waals surface area contributed by atoms with Crippen LogP contribution in [0.25, 0.3) is 44.0 Å². The zero-order valence-corrected chi connectivity index (χ0v) is 11.3. The molecule has 0 saturated heterocycles. The van der Waals surface area contributed by atoms with Gasteiger partial charge in [-0.1, -0.05) is 54.6 Å². The zero-order valence-electron chi connectivity index (χ0n) is 11.3. The average molecular weight is 268 g/mol. The van der Waals surface area contributed by atoms with E-state index < -0.39 is 0 Å². The van der Waals surface area contributed by atoms with Crippen LogP contribution in [-0.2, 0) is 0 Å². The van der Waals surface area contributed by atoms with Crippen molar-refractivity contribution in [1.82, 2.24) is 9.97 Å². The number of rotatable bonds is 0. The second-order valence-corrected chi connectivity index (χ2v) is 5.38. The molecule has 3 aromatic rings. The molecular weight excluding hydrogens is 256 g/mol. The van der Waals surface area contributed by atoms with E-state index in [9.17, 15) is 0 Å². The van der Waals surface area contributed by atoms with E-state index in [2.05, 4.69) is 65.6 Å². The minimum Gasteiger partial charge on any atom is -0.353 e. The van der Waals surface area contributed by atoms with Crippen LogP contribution in [0.2, 0.25) is 0 Å². The summed E-state index contributed by atoms with van der Waals surface area (Å²) >= 11 is 0. The smallest absolute Gasteiger partial charge is 0.0957 e. The van der Waals surface area contributed by atoms with E-state index in [0.29, 0.717) is 0 Å². The Morgan fingerprint density at radius 2 is 1.43 bits per heavy atom. The highest BCUT2D eigenvalue weighted by Gasteiger charge is 2.15. The van der Waals surface area contributed by atoms with Crippen molar-refractivity contribution >= 4 is 32.7 Å². The van der Waals surface area contributed by atoms with Crippen molar-refractivity contribution in [2.45, 2.75) is 0 Å². The van der Waals surface area contributed by atoms with Crippen molar-refractivity contribution in [3.63, 3.8) is 0 Å². The first-order valence-corrected chi connectivity index (χ1v) is 7.10. The molecule has 2 aromatic carbocycles. The molecular formula is C19H12N2. The Morgan fingerprint density at radius 3 is 2.38 bits per heavy atom. The molecule has 0 radical (unpaired) electrons. The Morgan fingerprint density at radius 1 is 0.667 bits per heavy atom. The van der Waals surface area contributed by atoms with Crippen LogP contribution in [0.4, 0.5) is 0 Å². The molecule has 98 valence electrons. The summed E-state index contributed by atoms with van der Waals surface area (Å²) in [5.74, 6) is 0. The van der Waals surface area contributed by atoms with Gasteiger partial charge in [0.05, 0.1) is 16.7 Å². The number of aromatic amines is 1. The minimum absolute atomic E-state index is 1.05. The first kappa shape index (κ1) is 10.9. The summed E-state index contributed by atoms with van der Waals surface area (Å²) in [4.78, 5) is 8.39. The van der Waals surface area contributed by atoms with Crippen molar-refractivity contribution in [3.8, 4) is 11.3 Å². The lowest BCUT2D eigenvalue weighted by Gasteiger charge is -1.92. The van der Waals surface area contributed by atoms with E-state index in [1.54, 1.807) is 0 Å². The number of fused-ring (bicyclic) bond motifs is 7. The molecule has 1 aliphatic heterocycles. The van der Waals surface area contributed by atoms with Crippen molar-refractivity contribution < 1.29 is 0 Å². The molecule has 1 aromatic heterocycles. The molecule has 0 atom stereocenters. The van der Waals surface area contributed by atoms with Crippen molar-refractivity contribution in [2.75, 3.05) is 0 Å². The SMILES string of the molecule is c1ccc2c3cccc4c([nH]c5ccccc54)c-3nc2c1. The van der Waals surface area contributed by atoms with E-state index in [1.165, 1.54) is 21.7 Å². The third kappa shape index (κ3) is 1.39. The van der Waals surface area contributed by atoms with Crippen molar-refractivity contribution in [3.05, 3.63) is 66.7 Å². The van der Waals surface area contributed by atoms with Gasteiger partial charge in [-0.05, 0) is 12.1 Å². The van der Waals surface area contributed by atoms with Gasteiger partial charge >= 0.3 is 0 Å². The highest BCUT2D eigenvalue weighted by atomic mass is 14.8. The van der Waals surface area contributed by atoms with Crippen molar-refractivity contribution in [2.24, 2.45) is 0 Å². The van der Waals surface area contributed by atoms with E-state index in [-0.39, 0.29) is 0 Å². The zero-order chi connectivity index (χ0) is 13.8. The molecule has 0 amide bonds. The maximum absolute atomic E-state index is 4.85. The van der Waals surface area contributed by atoms with Gasteiger partial charge in [-0.3, -0.25) is 0 Å². The number of para-hydroxylation sites is 2. The minimum atomic E-state index is 1.05. The Hall–Kier alpha value is -2.87. The fraction of sp³-hybridized carbons (Fsp3) is 0. The van der Waals surface area contributed by atoms with Crippen LogP contribution in [0.15, 0.2) is 66.7 Å². The third-order valence-corrected chi connectivity index (χ3v) is 4.19. The monoisotopic (exact) mass is 268 g/mol. The molecule has 5 rings (SSSR count). The molecule has 2 heterocycles. The van der Waals surface area contributed by atoms with Gasteiger partial charge < -0.3 is 4.98 Å². The lowest BCUT2D eigenvalue weighted by atomic mass is 10.1. The Kier molecular flexibility index (Phi) is 1.98. The number of nitrogens with zero attached hydrogens (tertiary/aromatic N) is 1. The van der Waals surface area contributed by atoms with Crippen LogP contribution in [0.3, 0.4) is 0 Å². The predicted octanol–water partition coefficient (Wildman–Crippen LogP) is 4.97. The number of aromatic nitrogens is 2. The fourth-order valence-electron chi connectivity index (χ4n) is 3.23. The second kappa shape index (κ2) is 3.83. The molecule has 1 N–H and O–H groups in total. The third-order valence-electron chi connectivity index (χ3n) is 4.19. The summed E-state index contributed by atoms with van der Waals surface area (Å²) < 4.78 is 0. The van der Waals surface area contributed by atoms with E-state index in [1.807, 2.05) is 6.07 Å². The normalized spacial score (nSPS) is 11.8. The van der Waals surface area contributed by atoms with Crippen LogP contribution in [0, 0.1) is 0 Å².